The van der Waals surface area contributed by atoms with E-state index in [1.165, 1.54) is 5.56 Å². The number of unbranched alkanes of at least 4 members (excludes halogenated alkanes) is 1. The molecule has 0 amide bonds. The molecule has 2 N–H and O–H groups in total. The molecule has 3 rings (SSSR count). The fourth-order valence-electron chi connectivity index (χ4n) is 3.34. The van der Waals surface area contributed by atoms with Gasteiger partial charge in [-0.25, -0.2) is 4.98 Å². The van der Waals surface area contributed by atoms with E-state index in [0.29, 0.717) is 5.92 Å². The van der Waals surface area contributed by atoms with Crippen molar-refractivity contribution in [3.63, 3.8) is 0 Å². The third-order valence-electron chi connectivity index (χ3n) is 4.75. The predicted molar refractivity (Wildman–Crippen MR) is 121 cm³/mol. The van der Waals surface area contributed by atoms with E-state index >= 15 is 0 Å². The lowest BCUT2D eigenvalue weighted by Gasteiger charge is -2.21. The summed E-state index contributed by atoms with van der Waals surface area (Å²) in [6.07, 6.45) is 9.26. The Hall–Kier alpha value is -1.84. The van der Waals surface area contributed by atoms with Crippen molar-refractivity contribution < 1.29 is 0 Å². The van der Waals surface area contributed by atoms with Crippen LogP contribution in [0, 0.1) is 0 Å². The van der Waals surface area contributed by atoms with Crippen LogP contribution in [-0.4, -0.2) is 58.9 Å². The van der Waals surface area contributed by atoms with Crippen LogP contribution in [0.1, 0.15) is 30.7 Å². The topological polar surface area (TPSA) is 70.4 Å². The maximum atomic E-state index is 4.45. The second-order valence-corrected chi connectivity index (χ2v) is 6.70. The van der Waals surface area contributed by atoms with Crippen LogP contribution in [0.3, 0.4) is 0 Å². The first-order valence-corrected chi connectivity index (χ1v) is 9.35. The van der Waals surface area contributed by atoms with Gasteiger partial charge in [-0.2, -0.15) is 5.10 Å². The number of likely N-dealkylation sites (tertiary alicyclic amines) is 1. The van der Waals surface area contributed by atoms with Crippen LogP contribution in [-0.2, 0) is 7.05 Å². The maximum absolute atomic E-state index is 4.45. The van der Waals surface area contributed by atoms with E-state index in [1.807, 2.05) is 49.4 Å². The number of aliphatic imine (C=N–C) groups is 1. The molecule has 0 radical (unpaired) electrons. The average Bonchev–Trinajstić information content (AvgIpc) is 3.31. The Morgan fingerprint density at radius 1 is 1.30 bits per heavy atom. The molecule has 7 nitrogen and oxygen atoms in total. The molecule has 148 valence electrons. The molecule has 1 aliphatic rings. The summed E-state index contributed by atoms with van der Waals surface area (Å²) < 4.78 is 1.88. The smallest absolute Gasteiger partial charge is 0.193 e. The summed E-state index contributed by atoms with van der Waals surface area (Å²) >= 11 is 0. The van der Waals surface area contributed by atoms with Crippen molar-refractivity contribution >= 4 is 35.8 Å². The summed E-state index contributed by atoms with van der Waals surface area (Å²) in [5.74, 6) is 2.49. The molecular formula is C19H30IN7. The van der Waals surface area contributed by atoms with Gasteiger partial charge >= 0.3 is 0 Å². The molecule has 2 aromatic rings. The summed E-state index contributed by atoms with van der Waals surface area (Å²) in [4.78, 5) is 11.1. The third-order valence-corrected chi connectivity index (χ3v) is 4.75. The molecule has 1 atom stereocenters. The highest BCUT2D eigenvalue weighted by Gasteiger charge is 2.26. The molecule has 3 heterocycles. The Kier molecular flexibility index (Phi) is 8.83. The molecular weight excluding hydrogens is 453 g/mol. The van der Waals surface area contributed by atoms with Crippen LogP contribution in [0.25, 0.3) is 0 Å². The Labute approximate surface area is 178 Å². The lowest BCUT2D eigenvalue weighted by molar-refractivity contribution is 0.484. The number of rotatable bonds is 7. The number of aromatic nitrogens is 3. The second kappa shape index (κ2) is 11.1. The van der Waals surface area contributed by atoms with Gasteiger partial charge in [0.2, 0.25) is 0 Å². The minimum absolute atomic E-state index is 0. The highest BCUT2D eigenvalue weighted by atomic mass is 127. The van der Waals surface area contributed by atoms with Crippen LogP contribution in [0.4, 0.5) is 5.82 Å². The standard InChI is InChI=1S/C19H29N7.HI/c1-20-19(23-11-6-5-10-22-18-7-3-4-9-21-18)26-12-8-16(15-26)17-13-24-25(2)14-17;/h3-4,7,9,13-14,16H,5-6,8,10-12,15H2,1-2H3,(H,20,23)(H,21,22);1H. The van der Waals surface area contributed by atoms with Gasteiger partial charge in [0.05, 0.1) is 6.20 Å². The van der Waals surface area contributed by atoms with E-state index in [9.17, 15) is 0 Å². The predicted octanol–water partition coefficient (Wildman–Crippen LogP) is 2.69. The molecule has 0 spiro atoms. The molecule has 0 aliphatic carbocycles. The van der Waals surface area contributed by atoms with Crippen LogP contribution in [0.2, 0.25) is 0 Å². The van der Waals surface area contributed by atoms with Crippen molar-refractivity contribution in [3.05, 3.63) is 42.4 Å². The molecule has 1 fully saturated rings. The zero-order valence-corrected chi connectivity index (χ0v) is 18.5. The Bertz CT molecular complexity index is 701. The number of pyridine rings is 1. The normalized spacial score (nSPS) is 16.9. The number of guanidine groups is 1. The van der Waals surface area contributed by atoms with Gasteiger partial charge in [-0.3, -0.25) is 9.67 Å². The second-order valence-electron chi connectivity index (χ2n) is 6.70. The van der Waals surface area contributed by atoms with Crippen LogP contribution >= 0.6 is 24.0 Å². The molecule has 0 aromatic carbocycles. The quantitative estimate of drug-likeness (QED) is 0.274. The molecule has 0 saturated carbocycles. The van der Waals surface area contributed by atoms with E-state index in [2.05, 4.69) is 36.8 Å². The zero-order valence-electron chi connectivity index (χ0n) is 16.1. The van der Waals surface area contributed by atoms with E-state index < -0.39 is 0 Å². The molecule has 8 heteroatoms. The van der Waals surface area contributed by atoms with Crippen molar-refractivity contribution in [2.45, 2.75) is 25.2 Å². The van der Waals surface area contributed by atoms with E-state index in [0.717, 1.165) is 57.2 Å². The van der Waals surface area contributed by atoms with Gasteiger partial charge in [-0.05, 0) is 37.0 Å². The van der Waals surface area contributed by atoms with Gasteiger partial charge in [-0.1, -0.05) is 6.07 Å². The van der Waals surface area contributed by atoms with Gasteiger partial charge in [0.25, 0.3) is 0 Å². The number of aryl methyl sites for hydroxylation is 1. The van der Waals surface area contributed by atoms with Gasteiger partial charge in [-0.15, -0.1) is 24.0 Å². The summed E-state index contributed by atoms with van der Waals surface area (Å²) in [5, 5.41) is 11.1. The SMILES string of the molecule is CN=C(NCCCCNc1ccccn1)N1CCC(c2cnn(C)c2)C1.I. The monoisotopic (exact) mass is 483 g/mol. The first-order valence-electron chi connectivity index (χ1n) is 9.35. The third kappa shape index (κ3) is 6.37. The van der Waals surface area contributed by atoms with E-state index in [4.69, 9.17) is 0 Å². The highest BCUT2D eigenvalue weighted by molar-refractivity contribution is 14.0. The molecule has 1 saturated heterocycles. The fraction of sp³-hybridized carbons (Fsp3) is 0.526. The number of halogens is 1. The van der Waals surface area contributed by atoms with E-state index in [-0.39, 0.29) is 24.0 Å². The zero-order chi connectivity index (χ0) is 18.2. The molecule has 2 aromatic heterocycles. The molecule has 1 unspecified atom stereocenters. The fourth-order valence-corrected chi connectivity index (χ4v) is 3.34. The van der Waals surface area contributed by atoms with Crippen LogP contribution in [0.15, 0.2) is 41.8 Å². The molecule has 0 bridgehead atoms. The maximum Gasteiger partial charge on any atom is 0.193 e. The molecule has 27 heavy (non-hydrogen) atoms. The largest absolute Gasteiger partial charge is 0.370 e. The minimum Gasteiger partial charge on any atom is -0.370 e. The van der Waals surface area contributed by atoms with Gasteiger partial charge < -0.3 is 15.5 Å². The van der Waals surface area contributed by atoms with Gasteiger partial charge in [0.1, 0.15) is 5.82 Å². The molecule has 1 aliphatic heterocycles. The van der Waals surface area contributed by atoms with Gasteiger partial charge in [0, 0.05) is 58.6 Å². The Balaban J connectivity index is 0.00000261. The number of nitrogens with zero attached hydrogens (tertiary/aromatic N) is 5. The Morgan fingerprint density at radius 3 is 2.85 bits per heavy atom. The summed E-state index contributed by atoms with van der Waals surface area (Å²) in [6, 6.07) is 5.92. The number of nitrogens with one attached hydrogen (secondary N) is 2. The highest BCUT2D eigenvalue weighted by Crippen LogP contribution is 2.26. The van der Waals surface area contributed by atoms with E-state index in [1.54, 1.807) is 0 Å². The van der Waals surface area contributed by atoms with Gasteiger partial charge in [0.15, 0.2) is 5.96 Å². The number of hydrogen-bond donors (Lipinski definition) is 2. The average molecular weight is 483 g/mol. The summed E-state index contributed by atoms with van der Waals surface area (Å²) in [5.41, 5.74) is 1.33. The first kappa shape index (κ1) is 21.5. The van der Waals surface area contributed by atoms with Crippen molar-refractivity contribution in [1.29, 1.82) is 0 Å². The van der Waals surface area contributed by atoms with Crippen LogP contribution < -0.4 is 10.6 Å². The van der Waals surface area contributed by atoms with Crippen molar-refractivity contribution in [2.75, 3.05) is 38.5 Å². The Morgan fingerprint density at radius 2 is 2.15 bits per heavy atom. The van der Waals surface area contributed by atoms with Crippen LogP contribution in [0.5, 0.6) is 0 Å². The minimum atomic E-state index is 0. The summed E-state index contributed by atoms with van der Waals surface area (Å²) in [6.45, 7) is 3.92. The number of hydrogen-bond acceptors (Lipinski definition) is 4. The number of anilines is 1. The summed E-state index contributed by atoms with van der Waals surface area (Å²) in [7, 11) is 3.84. The van der Waals surface area contributed by atoms with Crippen molar-refractivity contribution in [3.8, 4) is 0 Å². The first-order chi connectivity index (χ1) is 12.8. The van der Waals surface area contributed by atoms with Crippen molar-refractivity contribution in [1.82, 2.24) is 25.0 Å². The lowest BCUT2D eigenvalue weighted by atomic mass is 10.0. The lowest BCUT2D eigenvalue weighted by Crippen LogP contribution is -2.40. The van der Waals surface area contributed by atoms with Crippen molar-refractivity contribution in [2.24, 2.45) is 12.0 Å².